The fourth-order valence-electron chi connectivity index (χ4n) is 2.25. The molecule has 3 rings (SSSR count). The zero-order chi connectivity index (χ0) is 13.9. The SMILES string of the molecule is Cc1cccc(OCC(=O)Nc2nc3c(s2)CCC3)c1. The number of rotatable bonds is 4. The normalized spacial score (nSPS) is 13.1. The van der Waals surface area contributed by atoms with Gasteiger partial charge in [-0.2, -0.15) is 0 Å². The van der Waals surface area contributed by atoms with Crippen molar-refractivity contribution in [2.45, 2.75) is 26.2 Å². The van der Waals surface area contributed by atoms with Gasteiger partial charge in [0.05, 0.1) is 5.69 Å². The summed E-state index contributed by atoms with van der Waals surface area (Å²) in [6, 6.07) is 7.65. The maximum absolute atomic E-state index is 11.8. The predicted octanol–water partition coefficient (Wildman–Crippen LogP) is 2.96. The average molecular weight is 288 g/mol. The number of aryl methyl sites for hydroxylation is 3. The number of carbonyl (C=O) groups excluding carboxylic acids is 1. The molecule has 1 aromatic heterocycles. The second-order valence-electron chi connectivity index (χ2n) is 4.90. The van der Waals surface area contributed by atoms with Crippen molar-refractivity contribution in [1.29, 1.82) is 0 Å². The lowest BCUT2D eigenvalue weighted by atomic mass is 10.2. The van der Waals surface area contributed by atoms with Crippen molar-refractivity contribution in [3.05, 3.63) is 40.4 Å². The minimum atomic E-state index is -0.168. The number of hydrogen-bond donors (Lipinski definition) is 1. The second kappa shape index (κ2) is 5.63. The number of anilines is 1. The highest BCUT2D eigenvalue weighted by atomic mass is 32.1. The van der Waals surface area contributed by atoms with Crippen molar-refractivity contribution >= 4 is 22.4 Å². The quantitative estimate of drug-likeness (QED) is 0.941. The van der Waals surface area contributed by atoms with Crippen molar-refractivity contribution < 1.29 is 9.53 Å². The fraction of sp³-hybridized carbons (Fsp3) is 0.333. The Morgan fingerprint density at radius 1 is 1.45 bits per heavy atom. The molecule has 1 amide bonds. The number of benzene rings is 1. The summed E-state index contributed by atoms with van der Waals surface area (Å²) in [4.78, 5) is 17.6. The summed E-state index contributed by atoms with van der Waals surface area (Å²) < 4.78 is 5.46. The van der Waals surface area contributed by atoms with Crippen molar-refractivity contribution in [2.75, 3.05) is 11.9 Å². The Kier molecular flexibility index (Phi) is 3.69. The molecule has 0 aliphatic heterocycles. The molecule has 0 saturated heterocycles. The first-order chi connectivity index (χ1) is 9.70. The summed E-state index contributed by atoms with van der Waals surface area (Å²) in [6.07, 6.45) is 3.29. The first kappa shape index (κ1) is 13.1. The molecule has 20 heavy (non-hydrogen) atoms. The highest BCUT2D eigenvalue weighted by Gasteiger charge is 2.17. The molecule has 5 heteroatoms. The van der Waals surface area contributed by atoms with Crippen LogP contribution in [0.2, 0.25) is 0 Å². The number of thiazole rings is 1. The molecule has 0 unspecified atom stereocenters. The number of fused-ring (bicyclic) bond motifs is 1. The third kappa shape index (κ3) is 2.99. The van der Waals surface area contributed by atoms with Gasteiger partial charge in [-0.15, -0.1) is 11.3 Å². The highest BCUT2D eigenvalue weighted by Crippen LogP contribution is 2.30. The number of aromatic nitrogens is 1. The number of amides is 1. The molecular formula is C15H16N2O2S. The zero-order valence-corrected chi connectivity index (χ0v) is 12.1. The summed E-state index contributed by atoms with van der Waals surface area (Å²) in [5.74, 6) is 0.542. The van der Waals surface area contributed by atoms with Gasteiger partial charge in [-0.05, 0) is 43.9 Å². The minimum absolute atomic E-state index is 0.00764. The van der Waals surface area contributed by atoms with Gasteiger partial charge in [-0.1, -0.05) is 12.1 Å². The van der Waals surface area contributed by atoms with Gasteiger partial charge in [0, 0.05) is 4.88 Å². The molecule has 1 N–H and O–H groups in total. The van der Waals surface area contributed by atoms with E-state index in [0.29, 0.717) is 10.9 Å². The van der Waals surface area contributed by atoms with Crippen LogP contribution in [0.5, 0.6) is 5.75 Å². The number of nitrogens with one attached hydrogen (secondary N) is 1. The molecule has 1 aliphatic rings. The van der Waals surface area contributed by atoms with Gasteiger partial charge in [0.25, 0.3) is 5.91 Å². The molecule has 1 heterocycles. The van der Waals surface area contributed by atoms with Crippen molar-refractivity contribution in [3.63, 3.8) is 0 Å². The Bertz CT molecular complexity index is 615. The van der Waals surface area contributed by atoms with Gasteiger partial charge in [0.1, 0.15) is 5.75 Å². The largest absolute Gasteiger partial charge is 0.484 e. The van der Waals surface area contributed by atoms with Gasteiger partial charge < -0.3 is 4.74 Å². The second-order valence-corrected chi connectivity index (χ2v) is 5.98. The summed E-state index contributed by atoms with van der Waals surface area (Å²) in [7, 11) is 0. The van der Waals surface area contributed by atoms with E-state index in [9.17, 15) is 4.79 Å². The van der Waals surface area contributed by atoms with Crippen molar-refractivity contribution in [1.82, 2.24) is 4.98 Å². The number of carbonyl (C=O) groups is 1. The van der Waals surface area contributed by atoms with E-state index >= 15 is 0 Å². The maximum atomic E-state index is 11.8. The number of nitrogens with zero attached hydrogens (tertiary/aromatic N) is 1. The Morgan fingerprint density at radius 2 is 2.35 bits per heavy atom. The lowest BCUT2D eigenvalue weighted by Crippen LogP contribution is -2.20. The van der Waals surface area contributed by atoms with Gasteiger partial charge in [0.15, 0.2) is 11.7 Å². The van der Waals surface area contributed by atoms with Crippen LogP contribution in [0.4, 0.5) is 5.13 Å². The highest BCUT2D eigenvalue weighted by molar-refractivity contribution is 7.15. The van der Waals surface area contributed by atoms with E-state index in [1.54, 1.807) is 11.3 Å². The monoisotopic (exact) mass is 288 g/mol. The first-order valence-corrected chi connectivity index (χ1v) is 7.50. The van der Waals surface area contributed by atoms with Crippen LogP contribution >= 0.6 is 11.3 Å². The van der Waals surface area contributed by atoms with Crippen LogP contribution in [0, 0.1) is 6.92 Å². The van der Waals surface area contributed by atoms with E-state index in [1.807, 2.05) is 31.2 Å². The topological polar surface area (TPSA) is 51.2 Å². The van der Waals surface area contributed by atoms with E-state index in [2.05, 4.69) is 10.3 Å². The third-order valence-electron chi connectivity index (χ3n) is 3.20. The summed E-state index contributed by atoms with van der Waals surface area (Å²) in [6.45, 7) is 2.00. The van der Waals surface area contributed by atoms with Crippen molar-refractivity contribution in [2.24, 2.45) is 0 Å². The Balaban J connectivity index is 1.54. The molecule has 104 valence electrons. The Labute approximate surface area is 121 Å². The van der Waals surface area contributed by atoms with Crippen molar-refractivity contribution in [3.8, 4) is 5.75 Å². The van der Waals surface area contributed by atoms with Crippen LogP contribution in [0.25, 0.3) is 0 Å². The fourth-order valence-corrected chi connectivity index (χ4v) is 3.32. The van der Waals surface area contributed by atoms with Crippen LogP contribution in [0.15, 0.2) is 24.3 Å². The van der Waals surface area contributed by atoms with Crippen LogP contribution < -0.4 is 10.1 Å². The predicted molar refractivity (Wildman–Crippen MR) is 79.4 cm³/mol. The summed E-state index contributed by atoms with van der Waals surface area (Å²) in [5, 5.41) is 3.49. The lowest BCUT2D eigenvalue weighted by molar-refractivity contribution is -0.118. The average Bonchev–Trinajstić information content (AvgIpc) is 2.97. The van der Waals surface area contributed by atoms with E-state index in [1.165, 1.54) is 11.3 Å². The molecular weight excluding hydrogens is 272 g/mol. The first-order valence-electron chi connectivity index (χ1n) is 6.68. The van der Waals surface area contributed by atoms with Gasteiger partial charge >= 0.3 is 0 Å². The van der Waals surface area contributed by atoms with E-state index < -0.39 is 0 Å². The third-order valence-corrected chi connectivity index (χ3v) is 4.27. The molecule has 4 nitrogen and oxygen atoms in total. The smallest absolute Gasteiger partial charge is 0.264 e. The molecule has 0 radical (unpaired) electrons. The molecule has 0 spiro atoms. The van der Waals surface area contributed by atoms with Crippen LogP contribution in [0.1, 0.15) is 22.6 Å². The zero-order valence-electron chi connectivity index (χ0n) is 11.3. The van der Waals surface area contributed by atoms with Crippen LogP contribution in [0.3, 0.4) is 0 Å². The lowest BCUT2D eigenvalue weighted by Gasteiger charge is -2.06. The molecule has 1 aliphatic carbocycles. The van der Waals surface area contributed by atoms with Gasteiger partial charge in [-0.25, -0.2) is 4.98 Å². The summed E-state index contributed by atoms with van der Waals surface area (Å²) >= 11 is 1.58. The molecule has 0 saturated carbocycles. The van der Waals surface area contributed by atoms with Crippen LogP contribution in [-0.2, 0) is 17.6 Å². The van der Waals surface area contributed by atoms with Crippen LogP contribution in [-0.4, -0.2) is 17.5 Å². The molecule has 1 aromatic carbocycles. The summed E-state index contributed by atoms with van der Waals surface area (Å²) in [5.41, 5.74) is 2.25. The minimum Gasteiger partial charge on any atom is -0.484 e. The van der Waals surface area contributed by atoms with E-state index in [4.69, 9.17) is 4.74 Å². The van der Waals surface area contributed by atoms with Gasteiger partial charge in [0.2, 0.25) is 0 Å². The number of ether oxygens (including phenoxy) is 1. The molecule has 2 aromatic rings. The van der Waals surface area contributed by atoms with Gasteiger partial charge in [-0.3, -0.25) is 10.1 Å². The molecule has 0 bridgehead atoms. The molecule has 0 atom stereocenters. The van der Waals surface area contributed by atoms with E-state index in [-0.39, 0.29) is 12.5 Å². The Morgan fingerprint density at radius 3 is 3.15 bits per heavy atom. The number of hydrogen-bond acceptors (Lipinski definition) is 4. The Hall–Kier alpha value is -1.88. The van der Waals surface area contributed by atoms with E-state index in [0.717, 1.165) is 24.1 Å². The molecule has 0 fully saturated rings. The maximum Gasteiger partial charge on any atom is 0.264 e. The standard InChI is InChI=1S/C15H16N2O2S/c1-10-4-2-5-11(8-10)19-9-14(18)17-15-16-12-6-3-7-13(12)20-15/h2,4-5,8H,3,6-7,9H2,1H3,(H,16,17,18).